The Hall–Kier alpha value is -2.03. The highest BCUT2D eigenvalue weighted by Gasteiger charge is 2.22. The summed E-state index contributed by atoms with van der Waals surface area (Å²) in [6.45, 7) is 0.830. The van der Waals surface area contributed by atoms with Crippen LogP contribution in [0.1, 0.15) is 40.5 Å². The highest BCUT2D eigenvalue weighted by molar-refractivity contribution is 6.42. The highest BCUT2D eigenvalue weighted by Crippen LogP contribution is 2.26. The fraction of sp³-hybridized carbons (Fsp3) is 0.312. The predicted molar refractivity (Wildman–Crippen MR) is 87.4 cm³/mol. The van der Waals surface area contributed by atoms with Gasteiger partial charge in [0.15, 0.2) is 0 Å². The molecule has 23 heavy (non-hydrogen) atoms. The van der Waals surface area contributed by atoms with E-state index in [0.29, 0.717) is 21.2 Å². The summed E-state index contributed by atoms with van der Waals surface area (Å²) >= 11 is 11.9. The van der Waals surface area contributed by atoms with Crippen LogP contribution in [0.4, 0.5) is 0 Å². The van der Waals surface area contributed by atoms with E-state index >= 15 is 0 Å². The van der Waals surface area contributed by atoms with Crippen molar-refractivity contribution >= 4 is 29.1 Å². The van der Waals surface area contributed by atoms with E-state index in [2.05, 4.69) is 16.5 Å². The number of hydrogen-bond acceptors (Lipinski definition) is 3. The van der Waals surface area contributed by atoms with Crippen molar-refractivity contribution in [2.75, 3.05) is 0 Å². The summed E-state index contributed by atoms with van der Waals surface area (Å²) in [7, 11) is 0. The molecule has 2 aromatic rings. The number of benzene rings is 1. The quantitative estimate of drug-likeness (QED) is 0.922. The minimum atomic E-state index is -0.795. The van der Waals surface area contributed by atoms with Gasteiger partial charge >= 0.3 is 0 Å². The molecule has 1 N–H and O–H groups in total. The Bertz CT molecular complexity index is 794. The second-order valence-corrected chi connectivity index (χ2v) is 6.21. The number of nitrogens with zero attached hydrogens (tertiary/aromatic N) is 3. The van der Waals surface area contributed by atoms with E-state index in [1.165, 1.54) is 0 Å². The van der Waals surface area contributed by atoms with Gasteiger partial charge in [0.2, 0.25) is 0 Å². The number of carbonyl (C=O) groups excluding carboxylic acids is 1. The lowest BCUT2D eigenvalue weighted by Crippen LogP contribution is -2.28. The molecular formula is C16H14Cl2N4O. The summed E-state index contributed by atoms with van der Waals surface area (Å²) < 4.78 is 1.86. The van der Waals surface area contributed by atoms with E-state index in [1.54, 1.807) is 24.4 Å². The molecule has 0 radical (unpaired) electrons. The molecule has 7 heteroatoms. The summed E-state index contributed by atoms with van der Waals surface area (Å²) in [6.07, 6.45) is 4.51. The van der Waals surface area contributed by atoms with Gasteiger partial charge in [0.05, 0.1) is 33.6 Å². The number of fused-ring (bicyclic) bond motifs is 1. The molecule has 0 saturated carbocycles. The van der Waals surface area contributed by atoms with Gasteiger partial charge in [-0.05, 0) is 37.0 Å². The van der Waals surface area contributed by atoms with Crippen LogP contribution in [-0.4, -0.2) is 15.7 Å². The number of amides is 1. The molecule has 0 fully saturated rings. The summed E-state index contributed by atoms with van der Waals surface area (Å²) in [4.78, 5) is 12.5. The Morgan fingerprint density at radius 2 is 2.17 bits per heavy atom. The fourth-order valence-electron chi connectivity index (χ4n) is 2.70. The average molecular weight is 349 g/mol. The molecule has 1 aromatic heterocycles. The van der Waals surface area contributed by atoms with Crippen LogP contribution in [0.15, 0.2) is 24.4 Å². The number of aromatic nitrogens is 2. The topological polar surface area (TPSA) is 70.7 Å². The number of hydrogen-bond donors (Lipinski definition) is 1. The predicted octanol–water partition coefficient (Wildman–Crippen LogP) is 3.52. The van der Waals surface area contributed by atoms with E-state index in [0.717, 1.165) is 31.5 Å². The van der Waals surface area contributed by atoms with E-state index in [1.807, 2.05) is 4.68 Å². The first-order chi connectivity index (χ1) is 11.1. The Labute approximate surface area is 143 Å². The van der Waals surface area contributed by atoms with Crippen LogP contribution >= 0.6 is 23.2 Å². The SMILES string of the molecule is N#C[C@@H](NC(=O)c1cnn2c1CCCC2)c1ccc(Cl)c(Cl)c1. The molecule has 1 atom stereocenters. The number of aryl methyl sites for hydroxylation is 1. The maximum atomic E-state index is 12.5. The molecule has 1 aliphatic rings. The first-order valence-corrected chi connectivity index (χ1v) is 8.06. The number of nitriles is 1. The van der Waals surface area contributed by atoms with Gasteiger partial charge in [-0.15, -0.1) is 0 Å². The second kappa shape index (κ2) is 6.61. The lowest BCUT2D eigenvalue weighted by molar-refractivity contribution is 0.0943. The third-order valence-electron chi connectivity index (χ3n) is 3.91. The maximum Gasteiger partial charge on any atom is 0.256 e. The average Bonchev–Trinajstić information content (AvgIpc) is 2.99. The number of nitrogens with one attached hydrogen (secondary N) is 1. The van der Waals surface area contributed by atoms with E-state index in [-0.39, 0.29) is 5.91 Å². The summed E-state index contributed by atoms with van der Waals surface area (Å²) in [5, 5.41) is 17.1. The van der Waals surface area contributed by atoms with Gasteiger partial charge in [0, 0.05) is 6.54 Å². The highest BCUT2D eigenvalue weighted by atomic mass is 35.5. The van der Waals surface area contributed by atoms with Crippen molar-refractivity contribution < 1.29 is 4.79 Å². The molecule has 1 aliphatic heterocycles. The van der Waals surface area contributed by atoms with Crippen LogP contribution in [0, 0.1) is 11.3 Å². The Kier molecular flexibility index (Phi) is 4.56. The molecule has 0 saturated heterocycles. The molecule has 0 spiro atoms. The van der Waals surface area contributed by atoms with Crippen LogP contribution in [-0.2, 0) is 13.0 Å². The van der Waals surface area contributed by atoms with Crippen molar-refractivity contribution in [3.63, 3.8) is 0 Å². The number of halogens is 2. The first kappa shape index (κ1) is 15.9. The van der Waals surface area contributed by atoms with Crippen molar-refractivity contribution in [3.05, 3.63) is 51.3 Å². The van der Waals surface area contributed by atoms with Gasteiger partial charge in [-0.25, -0.2) is 0 Å². The fourth-order valence-corrected chi connectivity index (χ4v) is 3.01. The smallest absolute Gasteiger partial charge is 0.256 e. The minimum Gasteiger partial charge on any atom is -0.332 e. The third-order valence-corrected chi connectivity index (χ3v) is 4.65. The molecule has 1 amide bonds. The van der Waals surface area contributed by atoms with E-state index < -0.39 is 6.04 Å². The number of rotatable bonds is 3. The zero-order valence-corrected chi connectivity index (χ0v) is 13.7. The molecule has 5 nitrogen and oxygen atoms in total. The van der Waals surface area contributed by atoms with Crippen molar-refractivity contribution in [1.29, 1.82) is 5.26 Å². The van der Waals surface area contributed by atoms with Crippen LogP contribution in [0.25, 0.3) is 0 Å². The molecule has 2 heterocycles. The first-order valence-electron chi connectivity index (χ1n) is 7.30. The van der Waals surface area contributed by atoms with Gasteiger partial charge in [-0.3, -0.25) is 9.48 Å². The molecule has 3 rings (SSSR count). The van der Waals surface area contributed by atoms with Gasteiger partial charge in [0.25, 0.3) is 5.91 Å². The summed E-state index contributed by atoms with van der Waals surface area (Å²) in [6, 6.07) is 6.16. The van der Waals surface area contributed by atoms with Crippen molar-refractivity contribution in [2.45, 2.75) is 31.8 Å². The van der Waals surface area contributed by atoms with Crippen LogP contribution in [0.2, 0.25) is 10.0 Å². The molecular weight excluding hydrogens is 335 g/mol. The zero-order valence-electron chi connectivity index (χ0n) is 12.2. The minimum absolute atomic E-state index is 0.300. The standard InChI is InChI=1S/C16H14Cl2N4O/c17-12-5-4-10(7-13(12)18)14(8-19)21-16(23)11-9-20-22-6-2-1-3-15(11)22/h4-5,7,9,14H,1-3,6H2,(H,21,23)/t14-/m1/s1. The van der Waals surface area contributed by atoms with Crippen LogP contribution < -0.4 is 5.32 Å². The van der Waals surface area contributed by atoms with Crippen molar-refractivity contribution in [2.24, 2.45) is 0 Å². The van der Waals surface area contributed by atoms with Gasteiger partial charge in [-0.2, -0.15) is 10.4 Å². The van der Waals surface area contributed by atoms with Crippen molar-refractivity contribution in [1.82, 2.24) is 15.1 Å². The Morgan fingerprint density at radius 1 is 1.35 bits per heavy atom. The Balaban J connectivity index is 1.82. The zero-order chi connectivity index (χ0) is 16.4. The lowest BCUT2D eigenvalue weighted by atomic mass is 10.0. The number of carbonyl (C=O) groups is 1. The van der Waals surface area contributed by atoms with Crippen LogP contribution in [0.5, 0.6) is 0 Å². The van der Waals surface area contributed by atoms with Gasteiger partial charge in [-0.1, -0.05) is 29.3 Å². The Morgan fingerprint density at radius 3 is 2.91 bits per heavy atom. The molecule has 1 aromatic carbocycles. The molecule has 0 aliphatic carbocycles. The van der Waals surface area contributed by atoms with Gasteiger partial charge in [0.1, 0.15) is 6.04 Å². The normalized spacial score (nSPS) is 14.7. The van der Waals surface area contributed by atoms with E-state index in [4.69, 9.17) is 23.2 Å². The van der Waals surface area contributed by atoms with Crippen molar-refractivity contribution in [3.8, 4) is 6.07 Å². The second-order valence-electron chi connectivity index (χ2n) is 5.39. The van der Waals surface area contributed by atoms with E-state index in [9.17, 15) is 10.1 Å². The van der Waals surface area contributed by atoms with Gasteiger partial charge < -0.3 is 5.32 Å². The monoisotopic (exact) mass is 348 g/mol. The summed E-state index contributed by atoms with van der Waals surface area (Å²) in [5.41, 5.74) is 2.06. The molecule has 0 bridgehead atoms. The molecule has 0 unspecified atom stereocenters. The summed E-state index contributed by atoms with van der Waals surface area (Å²) in [5.74, 6) is -0.300. The van der Waals surface area contributed by atoms with Crippen LogP contribution in [0.3, 0.4) is 0 Å². The maximum absolute atomic E-state index is 12.5. The lowest BCUT2D eigenvalue weighted by Gasteiger charge is -2.16. The third kappa shape index (κ3) is 3.19. The molecule has 118 valence electrons. The largest absolute Gasteiger partial charge is 0.332 e.